The van der Waals surface area contributed by atoms with E-state index in [4.69, 9.17) is 4.74 Å². The first-order valence-electron chi connectivity index (χ1n) is 7.82. The first kappa shape index (κ1) is 14.2. The van der Waals surface area contributed by atoms with Crippen molar-refractivity contribution in [1.82, 2.24) is 5.32 Å². The molecule has 0 radical (unpaired) electrons. The summed E-state index contributed by atoms with van der Waals surface area (Å²) in [6.45, 7) is 5.85. The Hall–Kier alpha value is -1.80. The van der Waals surface area contributed by atoms with Crippen LogP contribution in [-0.4, -0.2) is 12.6 Å². The summed E-state index contributed by atoms with van der Waals surface area (Å²) >= 11 is 0. The molecule has 2 aromatic rings. The average Bonchev–Trinajstić information content (AvgIpc) is 3.31. The van der Waals surface area contributed by atoms with E-state index in [-0.39, 0.29) is 0 Å². The first-order valence-corrected chi connectivity index (χ1v) is 7.82. The molecule has 0 heterocycles. The van der Waals surface area contributed by atoms with Crippen molar-refractivity contribution in [3.05, 3.63) is 53.6 Å². The lowest BCUT2D eigenvalue weighted by atomic mass is 9.98. The molecule has 21 heavy (non-hydrogen) atoms. The van der Waals surface area contributed by atoms with E-state index in [0.717, 1.165) is 18.3 Å². The van der Waals surface area contributed by atoms with E-state index in [9.17, 15) is 0 Å². The van der Waals surface area contributed by atoms with E-state index in [1.165, 1.54) is 35.1 Å². The van der Waals surface area contributed by atoms with Crippen LogP contribution in [0.4, 0.5) is 0 Å². The van der Waals surface area contributed by atoms with Gasteiger partial charge in [0, 0.05) is 12.6 Å². The molecule has 0 atom stereocenters. The first-order chi connectivity index (χ1) is 10.3. The molecule has 0 saturated heterocycles. The molecule has 1 saturated carbocycles. The highest BCUT2D eigenvalue weighted by atomic mass is 16.5. The topological polar surface area (TPSA) is 21.3 Å². The van der Waals surface area contributed by atoms with Gasteiger partial charge in [0.25, 0.3) is 0 Å². The van der Waals surface area contributed by atoms with Gasteiger partial charge in [0.2, 0.25) is 0 Å². The normalized spacial score (nSPS) is 14.2. The van der Waals surface area contributed by atoms with Crippen molar-refractivity contribution in [3.63, 3.8) is 0 Å². The molecular formula is C19H23NO. The molecule has 3 rings (SSSR count). The van der Waals surface area contributed by atoms with Gasteiger partial charge in [-0.15, -0.1) is 0 Å². The Bertz CT molecular complexity index is 617. The second-order valence-electron chi connectivity index (χ2n) is 5.77. The standard InChI is InChI=1S/C19H23NO/c1-3-21-18-6-4-5-16(12-18)19-11-15(8-7-14(19)2)13-20-17-9-10-17/h4-8,11-12,17,20H,3,9-10,13H2,1-2H3. The average molecular weight is 281 g/mol. The van der Waals surface area contributed by atoms with Gasteiger partial charge >= 0.3 is 0 Å². The predicted octanol–water partition coefficient (Wildman–Crippen LogP) is 4.31. The summed E-state index contributed by atoms with van der Waals surface area (Å²) in [5.41, 5.74) is 5.18. The minimum absolute atomic E-state index is 0.702. The molecule has 0 aromatic heterocycles. The van der Waals surface area contributed by atoms with Gasteiger partial charge in [-0.2, -0.15) is 0 Å². The van der Waals surface area contributed by atoms with Crippen molar-refractivity contribution >= 4 is 0 Å². The number of nitrogens with one attached hydrogen (secondary N) is 1. The molecule has 1 fully saturated rings. The van der Waals surface area contributed by atoms with Gasteiger partial charge in [0.1, 0.15) is 5.75 Å². The number of benzene rings is 2. The van der Waals surface area contributed by atoms with Crippen molar-refractivity contribution in [2.75, 3.05) is 6.61 Å². The third-order valence-electron chi connectivity index (χ3n) is 3.93. The van der Waals surface area contributed by atoms with Gasteiger partial charge in [-0.25, -0.2) is 0 Å². The summed E-state index contributed by atoms with van der Waals surface area (Å²) in [7, 11) is 0. The number of hydrogen-bond acceptors (Lipinski definition) is 2. The lowest BCUT2D eigenvalue weighted by molar-refractivity contribution is 0.340. The molecule has 2 aromatic carbocycles. The van der Waals surface area contributed by atoms with E-state index in [1.54, 1.807) is 0 Å². The molecule has 0 amide bonds. The summed E-state index contributed by atoms with van der Waals surface area (Å²) in [6.07, 6.45) is 2.66. The fourth-order valence-corrected chi connectivity index (χ4v) is 2.56. The van der Waals surface area contributed by atoms with Crippen LogP contribution in [0.3, 0.4) is 0 Å². The van der Waals surface area contributed by atoms with Crippen LogP contribution in [0, 0.1) is 6.92 Å². The Kier molecular flexibility index (Phi) is 4.26. The minimum Gasteiger partial charge on any atom is -0.494 e. The van der Waals surface area contributed by atoms with Crippen LogP contribution in [0.5, 0.6) is 5.75 Å². The molecule has 0 spiro atoms. The molecular weight excluding hydrogens is 258 g/mol. The van der Waals surface area contributed by atoms with Crippen LogP contribution in [-0.2, 0) is 6.54 Å². The van der Waals surface area contributed by atoms with Gasteiger partial charge in [-0.05, 0) is 67.1 Å². The van der Waals surface area contributed by atoms with Crippen LogP contribution >= 0.6 is 0 Å². The van der Waals surface area contributed by atoms with Crippen molar-refractivity contribution < 1.29 is 4.74 Å². The quantitative estimate of drug-likeness (QED) is 0.851. The zero-order chi connectivity index (χ0) is 14.7. The van der Waals surface area contributed by atoms with E-state index in [0.29, 0.717) is 6.61 Å². The lowest BCUT2D eigenvalue weighted by Crippen LogP contribution is -2.15. The van der Waals surface area contributed by atoms with Gasteiger partial charge < -0.3 is 10.1 Å². The highest BCUT2D eigenvalue weighted by Crippen LogP contribution is 2.28. The largest absolute Gasteiger partial charge is 0.494 e. The molecule has 0 bridgehead atoms. The third kappa shape index (κ3) is 3.64. The van der Waals surface area contributed by atoms with Gasteiger partial charge in [-0.3, -0.25) is 0 Å². The Balaban J connectivity index is 1.85. The molecule has 2 nitrogen and oxygen atoms in total. The Morgan fingerprint density at radius 3 is 2.76 bits per heavy atom. The van der Waals surface area contributed by atoms with Crippen molar-refractivity contribution in [2.24, 2.45) is 0 Å². The predicted molar refractivity (Wildman–Crippen MR) is 87.6 cm³/mol. The Labute approximate surface area is 127 Å². The summed E-state index contributed by atoms with van der Waals surface area (Å²) < 4.78 is 5.61. The fourth-order valence-electron chi connectivity index (χ4n) is 2.56. The Morgan fingerprint density at radius 1 is 1.14 bits per heavy atom. The summed E-state index contributed by atoms with van der Waals surface area (Å²) in [6, 6.07) is 15.8. The monoisotopic (exact) mass is 281 g/mol. The molecule has 1 aliphatic carbocycles. The van der Waals surface area contributed by atoms with Crippen molar-refractivity contribution in [3.8, 4) is 16.9 Å². The summed E-state index contributed by atoms with van der Waals surface area (Å²) in [5, 5.41) is 3.58. The number of rotatable bonds is 6. The Morgan fingerprint density at radius 2 is 2.00 bits per heavy atom. The zero-order valence-electron chi connectivity index (χ0n) is 12.9. The van der Waals surface area contributed by atoms with Gasteiger partial charge in [0.15, 0.2) is 0 Å². The van der Waals surface area contributed by atoms with E-state index in [2.05, 4.69) is 48.6 Å². The molecule has 110 valence electrons. The zero-order valence-corrected chi connectivity index (χ0v) is 12.9. The van der Waals surface area contributed by atoms with Crippen LogP contribution in [0.15, 0.2) is 42.5 Å². The molecule has 1 aliphatic rings. The molecule has 0 unspecified atom stereocenters. The second kappa shape index (κ2) is 6.31. The molecule has 2 heteroatoms. The lowest BCUT2D eigenvalue weighted by Gasteiger charge is -2.11. The highest BCUT2D eigenvalue weighted by Gasteiger charge is 2.20. The number of ether oxygens (including phenoxy) is 1. The smallest absolute Gasteiger partial charge is 0.119 e. The molecule has 0 aliphatic heterocycles. The van der Waals surface area contributed by atoms with Crippen LogP contribution in [0.25, 0.3) is 11.1 Å². The molecule has 1 N–H and O–H groups in total. The fraction of sp³-hybridized carbons (Fsp3) is 0.368. The minimum atomic E-state index is 0.702. The van der Waals surface area contributed by atoms with Crippen LogP contribution < -0.4 is 10.1 Å². The number of aryl methyl sites for hydroxylation is 1. The third-order valence-corrected chi connectivity index (χ3v) is 3.93. The van der Waals surface area contributed by atoms with Gasteiger partial charge in [0.05, 0.1) is 6.61 Å². The highest BCUT2D eigenvalue weighted by molar-refractivity contribution is 5.69. The van der Waals surface area contributed by atoms with E-state index < -0.39 is 0 Å². The van der Waals surface area contributed by atoms with Crippen molar-refractivity contribution in [1.29, 1.82) is 0 Å². The summed E-state index contributed by atoms with van der Waals surface area (Å²) in [5.74, 6) is 0.941. The van der Waals surface area contributed by atoms with Crippen LogP contribution in [0.1, 0.15) is 30.9 Å². The maximum Gasteiger partial charge on any atom is 0.119 e. The van der Waals surface area contributed by atoms with Crippen molar-refractivity contribution in [2.45, 2.75) is 39.3 Å². The van der Waals surface area contributed by atoms with E-state index >= 15 is 0 Å². The summed E-state index contributed by atoms with van der Waals surface area (Å²) in [4.78, 5) is 0. The maximum absolute atomic E-state index is 5.61. The number of hydrogen-bond donors (Lipinski definition) is 1. The SMILES string of the molecule is CCOc1cccc(-c2cc(CNC3CC3)ccc2C)c1. The van der Waals surface area contributed by atoms with Crippen LogP contribution in [0.2, 0.25) is 0 Å². The second-order valence-corrected chi connectivity index (χ2v) is 5.77. The van der Waals surface area contributed by atoms with Gasteiger partial charge in [-0.1, -0.05) is 24.3 Å². The van der Waals surface area contributed by atoms with E-state index in [1.807, 2.05) is 13.0 Å². The maximum atomic E-state index is 5.61.